The van der Waals surface area contributed by atoms with E-state index in [2.05, 4.69) is 60.3 Å². The highest BCUT2D eigenvalue weighted by Gasteiger charge is 2.31. The highest BCUT2D eigenvalue weighted by Crippen LogP contribution is 2.21. The molecule has 2 aliphatic rings. The Kier molecular flexibility index (Phi) is 30.2. The van der Waals surface area contributed by atoms with Crippen molar-refractivity contribution in [2.75, 3.05) is 46.3 Å². The lowest BCUT2D eigenvalue weighted by atomic mass is 10.0. The molecular weight excluding hydrogens is 653 g/mol. The van der Waals surface area contributed by atoms with Crippen LogP contribution in [-0.4, -0.2) is 84.9 Å². The van der Waals surface area contributed by atoms with Crippen LogP contribution in [0.5, 0.6) is 0 Å². The zero-order chi connectivity index (χ0) is 38.0. The molecule has 0 spiro atoms. The van der Waals surface area contributed by atoms with E-state index in [9.17, 15) is 9.59 Å². The summed E-state index contributed by atoms with van der Waals surface area (Å²) in [6.45, 7) is 10.3. The van der Waals surface area contributed by atoms with E-state index in [0.29, 0.717) is 13.0 Å². The standard InChI is InChI=1S/C47H88N4O2/c1-4-6-8-10-12-14-16-17-18-19-21-22-24-26-32-36-45(47(53)48-44-34-30-28-29-31-35-44)51(43-42-50-40-38-49(3)39-41-50)46(52)37-33-27-25-23-20-15-13-11-9-7-5-2/h11,13,17-18,44-45H,4-10,12,14-16,19-43H2,1-3H3,(H,48,53)/b13-11-,18-17-. The molecule has 1 aliphatic heterocycles. The number of carbonyl (C=O) groups excluding carboxylic acids is 2. The van der Waals surface area contributed by atoms with Gasteiger partial charge in [0.25, 0.3) is 0 Å². The van der Waals surface area contributed by atoms with E-state index < -0.39 is 0 Å². The molecule has 1 atom stereocenters. The molecule has 1 saturated heterocycles. The van der Waals surface area contributed by atoms with Crippen LogP contribution in [-0.2, 0) is 9.59 Å². The summed E-state index contributed by atoms with van der Waals surface area (Å²) in [5.41, 5.74) is 0. The molecule has 1 aliphatic carbocycles. The van der Waals surface area contributed by atoms with Gasteiger partial charge in [-0.25, -0.2) is 0 Å². The summed E-state index contributed by atoms with van der Waals surface area (Å²) in [7, 11) is 2.19. The number of rotatable bonds is 32. The summed E-state index contributed by atoms with van der Waals surface area (Å²) < 4.78 is 0. The van der Waals surface area contributed by atoms with Gasteiger partial charge in [-0.05, 0) is 77.7 Å². The minimum Gasteiger partial charge on any atom is -0.352 e. The van der Waals surface area contributed by atoms with E-state index in [0.717, 1.165) is 77.7 Å². The second-order valence-corrected chi connectivity index (χ2v) is 16.7. The van der Waals surface area contributed by atoms with Crippen LogP contribution in [0.3, 0.4) is 0 Å². The summed E-state index contributed by atoms with van der Waals surface area (Å²) >= 11 is 0. The SMILES string of the molecule is CCCC/C=C\CCCCCCCC(=O)N(CCN1CCN(C)CC1)C(CCCCCCC/C=C\CCCCCCCC)C(=O)NC1CCCCCC1. The number of likely N-dealkylation sites (N-methyl/N-ethyl adjacent to an activating group) is 1. The first-order valence-electron chi connectivity index (χ1n) is 23.4. The molecule has 1 heterocycles. The van der Waals surface area contributed by atoms with Crippen LogP contribution in [0, 0.1) is 0 Å². The lowest BCUT2D eigenvalue weighted by Crippen LogP contribution is -2.54. The number of unbranched alkanes of at least 4 members (excludes halogenated alkanes) is 18. The van der Waals surface area contributed by atoms with Crippen molar-refractivity contribution in [1.82, 2.24) is 20.0 Å². The summed E-state index contributed by atoms with van der Waals surface area (Å²) in [6.07, 6.45) is 45.1. The van der Waals surface area contributed by atoms with Gasteiger partial charge in [-0.1, -0.05) is 154 Å². The molecule has 2 fully saturated rings. The number of carbonyl (C=O) groups is 2. The Bertz CT molecular complexity index is 920. The molecule has 6 nitrogen and oxygen atoms in total. The molecule has 6 heteroatoms. The van der Waals surface area contributed by atoms with Gasteiger partial charge < -0.3 is 15.1 Å². The maximum absolute atomic E-state index is 14.2. The first kappa shape index (κ1) is 47.5. The third-order valence-electron chi connectivity index (χ3n) is 11.8. The van der Waals surface area contributed by atoms with Crippen molar-refractivity contribution >= 4 is 11.8 Å². The summed E-state index contributed by atoms with van der Waals surface area (Å²) in [5.74, 6) is 0.317. The van der Waals surface area contributed by atoms with E-state index in [1.807, 2.05) is 4.90 Å². The van der Waals surface area contributed by atoms with Crippen LogP contribution < -0.4 is 5.32 Å². The number of nitrogens with one attached hydrogen (secondary N) is 1. The lowest BCUT2D eigenvalue weighted by molar-refractivity contribution is -0.141. The molecule has 1 N–H and O–H groups in total. The van der Waals surface area contributed by atoms with Crippen LogP contribution in [0.4, 0.5) is 0 Å². The quantitative estimate of drug-likeness (QED) is 0.0424. The number of allylic oxidation sites excluding steroid dienone is 4. The fraction of sp³-hybridized carbons (Fsp3) is 0.872. The molecule has 0 bridgehead atoms. The van der Waals surface area contributed by atoms with Crippen LogP contribution in [0.2, 0.25) is 0 Å². The smallest absolute Gasteiger partial charge is 0.243 e. The Morgan fingerprint density at radius 2 is 1.11 bits per heavy atom. The van der Waals surface area contributed by atoms with E-state index in [-0.39, 0.29) is 23.9 Å². The van der Waals surface area contributed by atoms with E-state index in [1.54, 1.807) is 0 Å². The van der Waals surface area contributed by atoms with Crippen LogP contribution in [0.25, 0.3) is 0 Å². The zero-order valence-corrected chi connectivity index (χ0v) is 35.6. The van der Waals surface area contributed by atoms with Crippen LogP contribution >= 0.6 is 0 Å². The average molecular weight is 741 g/mol. The molecule has 2 amide bonds. The predicted molar refractivity (Wildman–Crippen MR) is 230 cm³/mol. The predicted octanol–water partition coefficient (Wildman–Crippen LogP) is 11.8. The van der Waals surface area contributed by atoms with Crippen molar-refractivity contribution in [1.29, 1.82) is 0 Å². The van der Waals surface area contributed by atoms with Crippen molar-refractivity contribution < 1.29 is 9.59 Å². The van der Waals surface area contributed by atoms with Crippen molar-refractivity contribution in [2.45, 2.75) is 219 Å². The minimum absolute atomic E-state index is 0.117. The summed E-state index contributed by atoms with van der Waals surface area (Å²) in [6, 6.07) is -0.0831. The molecule has 0 radical (unpaired) electrons. The maximum Gasteiger partial charge on any atom is 0.243 e. The normalized spacial score (nSPS) is 17.1. The maximum atomic E-state index is 14.2. The molecule has 308 valence electrons. The largest absolute Gasteiger partial charge is 0.352 e. The second-order valence-electron chi connectivity index (χ2n) is 16.7. The third-order valence-corrected chi connectivity index (χ3v) is 11.8. The van der Waals surface area contributed by atoms with Gasteiger partial charge in [-0.2, -0.15) is 0 Å². The topological polar surface area (TPSA) is 55.9 Å². The summed E-state index contributed by atoms with van der Waals surface area (Å²) in [4.78, 5) is 35.2. The highest BCUT2D eigenvalue weighted by atomic mass is 16.2. The Morgan fingerprint density at radius 3 is 1.68 bits per heavy atom. The van der Waals surface area contributed by atoms with E-state index in [4.69, 9.17) is 0 Å². The fourth-order valence-corrected chi connectivity index (χ4v) is 8.10. The Hall–Kier alpha value is -1.66. The highest BCUT2D eigenvalue weighted by molar-refractivity contribution is 5.87. The second kappa shape index (κ2) is 33.7. The van der Waals surface area contributed by atoms with Gasteiger partial charge in [0.15, 0.2) is 0 Å². The van der Waals surface area contributed by atoms with Gasteiger partial charge in [0.05, 0.1) is 0 Å². The van der Waals surface area contributed by atoms with Crippen molar-refractivity contribution in [3.8, 4) is 0 Å². The third kappa shape index (κ3) is 25.2. The first-order valence-corrected chi connectivity index (χ1v) is 23.4. The molecule has 1 unspecified atom stereocenters. The number of hydrogen-bond acceptors (Lipinski definition) is 4. The number of amides is 2. The molecule has 0 aromatic heterocycles. The summed E-state index contributed by atoms with van der Waals surface area (Å²) in [5, 5.41) is 3.49. The van der Waals surface area contributed by atoms with Gasteiger partial charge in [0, 0.05) is 51.7 Å². The van der Waals surface area contributed by atoms with Crippen LogP contribution in [0.1, 0.15) is 206 Å². The fourth-order valence-electron chi connectivity index (χ4n) is 8.10. The van der Waals surface area contributed by atoms with Gasteiger partial charge in [-0.3, -0.25) is 14.5 Å². The van der Waals surface area contributed by atoms with E-state index >= 15 is 0 Å². The molecule has 0 aromatic carbocycles. The minimum atomic E-state index is -0.345. The lowest BCUT2D eigenvalue weighted by Gasteiger charge is -2.36. The Labute approximate surface area is 329 Å². The number of nitrogens with zero attached hydrogens (tertiary/aromatic N) is 3. The molecule has 0 aromatic rings. The number of piperazine rings is 1. The van der Waals surface area contributed by atoms with Gasteiger partial charge >= 0.3 is 0 Å². The van der Waals surface area contributed by atoms with E-state index in [1.165, 1.54) is 141 Å². The Balaban J connectivity index is 1.90. The molecule has 1 saturated carbocycles. The van der Waals surface area contributed by atoms with Gasteiger partial charge in [0.2, 0.25) is 11.8 Å². The van der Waals surface area contributed by atoms with Crippen molar-refractivity contribution in [3.63, 3.8) is 0 Å². The first-order chi connectivity index (χ1) is 26.0. The number of hydrogen-bond donors (Lipinski definition) is 1. The average Bonchev–Trinajstić information content (AvgIpc) is 3.43. The Morgan fingerprint density at radius 1 is 0.623 bits per heavy atom. The van der Waals surface area contributed by atoms with Crippen LogP contribution in [0.15, 0.2) is 24.3 Å². The zero-order valence-electron chi connectivity index (χ0n) is 35.6. The molecule has 53 heavy (non-hydrogen) atoms. The van der Waals surface area contributed by atoms with Crippen molar-refractivity contribution in [2.24, 2.45) is 0 Å². The monoisotopic (exact) mass is 741 g/mol. The van der Waals surface area contributed by atoms with Gasteiger partial charge in [-0.15, -0.1) is 0 Å². The molecular formula is C47H88N4O2. The van der Waals surface area contributed by atoms with Gasteiger partial charge in [0.1, 0.15) is 6.04 Å². The molecule has 2 rings (SSSR count). The van der Waals surface area contributed by atoms with Crippen molar-refractivity contribution in [3.05, 3.63) is 24.3 Å².